The number of carboxylic acids is 1. The standard InChI is InChI=1S/C15H27NO2/c1-3-14(4-2)11-16(12-14)15(10-13(17)18)8-6-5-7-9-15/h3-12H2,1-2H3,(H,17,18). The Balaban J connectivity index is 2.05. The van der Waals surface area contributed by atoms with E-state index in [2.05, 4.69) is 18.7 Å². The molecule has 0 aromatic heterocycles. The first-order chi connectivity index (χ1) is 8.56. The van der Waals surface area contributed by atoms with Crippen LogP contribution in [0.4, 0.5) is 0 Å². The molecule has 0 amide bonds. The molecule has 0 bridgehead atoms. The van der Waals surface area contributed by atoms with E-state index in [4.69, 9.17) is 0 Å². The Morgan fingerprint density at radius 1 is 1.11 bits per heavy atom. The molecule has 104 valence electrons. The van der Waals surface area contributed by atoms with E-state index in [9.17, 15) is 9.90 Å². The van der Waals surface area contributed by atoms with Gasteiger partial charge in [0, 0.05) is 18.6 Å². The minimum absolute atomic E-state index is 0.0159. The van der Waals surface area contributed by atoms with E-state index in [1.54, 1.807) is 0 Å². The Kier molecular flexibility index (Phi) is 4.00. The maximum Gasteiger partial charge on any atom is 0.305 e. The van der Waals surface area contributed by atoms with Crippen molar-refractivity contribution in [3.8, 4) is 0 Å². The second-order valence-electron chi connectivity index (χ2n) is 6.42. The lowest BCUT2D eigenvalue weighted by Crippen LogP contribution is -2.66. The average Bonchev–Trinajstić information content (AvgIpc) is 2.29. The van der Waals surface area contributed by atoms with Crippen LogP contribution in [0.15, 0.2) is 0 Å². The molecule has 18 heavy (non-hydrogen) atoms. The van der Waals surface area contributed by atoms with Crippen molar-refractivity contribution >= 4 is 5.97 Å². The number of likely N-dealkylation sites (tertiary alicyclic amines) is 1. The van der Waals surface area contributed by atoms with E-state index in [0.29, 0.717) is 11.8 Å². The Morgan fingerprint density at radius 2 is 1.67 bits per heavy atom. The van der Waals surface area contributed by atoms with Crippen molar-refractivity contribution in [1.29, 1.82) is 0 Å². The lowest BCUT2D eigenvalue weighted by molar-refractivity contribution is -0.148. The highest BCUT2D eigenvalue weighted by Crippen LogP contribution is 2.47. The predicted molar refractivity (Wildman–Crippen MR) is 72.7 cm³/mol. The van der Waals surface area contributed by atoms with Crippen molar-refractivity contribution in [2.24, 2.45) is 5.41 Å². The van der Waals surface area contributed by atoms with Gasteiger partial charge in [-0.2, -0.15) is 0 Å². The molecule has 1 heterocycles. The molecule has 3 heteroatoms. The molecule has 0 aromatic carbocycles. The molecule has 1 aliphatic carbocycles. The quantitative estimate of drug-likeness (QED) is 0.817. The highest BCUT2D eigenvalue weighted by atomic mass is 16.4. The lowest BCUT2D eigenvalue weighted by atomic mass is 9.68. The Bertz CT molecular complexity index is 296. The fourth-order valence-corrected chi connectivity index (χ4v) is 3.89. The summed E-state index contributed by atoms with van der Waals surface area (Å²) in [5.41, 5.74) is 0.459. The third-order valence-corrected chi connectivity index (χ3v) is 5.49. The Labute approximate surface area is 111 Å². The van der Waals surface area contributed by atoms with E-state index < -0.39 is 5.97 Å². The highest BCUT2D eigenvalue weighted by molar-refractivity contribution is 5.68. The minimum atomic E-state index is -0.623. The molecule has 1 N–H and O–H groups in total. The normalized spacial score (nSPS) is 26.6. The van der Waals surface area contributed by atoms with Gasteiger partial charge >= 0.3 is 5.97 Å². The second-order valence-corrected chi connectivity index (χ2v) is 6.42. The van der Waals surface area contributed by atoms with Gasteiger partial charge in [0.2, 0.25) is 0 Å². The zero-order valence-electron chi connectivity index (χ0n) is 11.9. The zero-order chi connectivity index (χ0) is 13.2. The van der Waals surface area contributed by atoms with Crippen molar-refractivity contribution in [3.63, 3.8) is 0 Å². The van der Waals surface area contributed by atoms with Gasteiger partial charge in [-0.1, -0.05) is 33.1 Å². The van der Waals surface area contributed by atoms with Gasteiger partial charge in [0.1, 0.15) is 0 Å². The topological polar surface area (TPSA) is 40.5 Å². The maximum atomic E-state index is 11.2. The molecule has 0 atom stereocenters. The number of nitrogens with zero attached hydrogens (tertiary/aromatic N) is 1. The zero-order valence-corrected chi connectivity index (χ0v) is 11.9. The first-order valence-corrected chi connectivity index (χ1v) is 7.53. The summed E-state index contributed by atoms with van der Waals surface area (Å²) in [7, 11) is 0. The Morgan fingerprint density at radius 3 is 2.11 bits per heavy atom. The largest absolute Gasteiger partial charge is 0.481 e. The van der Waals surface area contributed by atoms with E-state index >= 15 is 0 Å². The van der Waals surface area contributed by atoms with Crippen LogP contribution < -0.4 is 0 Å². The van der Waals surface area contributed by atoms with Crippen LogP contribution in [-0.2, 0) is 4.79 Å². The maximum absolute atomic E-state index is 11.2. The number of carbonyl (C=O) groups is 1. The molecule has 1 saturated carbocycles. The van der Waals surface area contributed by atoms with Crippen LogP contribution >= 0.6 is 0 Å². The first-order valence-electron chi connectivity index (χ1n) is 7.53. The number of hydrogen-bond acceptors (Lipinski definition) is 2. The number of aliphatic carboxylic acids is 1. The predicted octanol–water partition coefficient (Wildman–Crippen LogP) is 3.29. The summed E-state index contributed by atoms with van der Waals surface area (Å²) in [4.78, 5) is 13.7. The van der Waals surface area contributed by atoms with E-state index in [1.807, 2.05) is 0 Å². The van der Waals surface area contributed by atoms with E-state index in [1.165, 1.54) is 32.1 Å². The van der Waals surface area contributed by atoms with Gasteiger partial charge in [-0.25, -0.2) is 0 Å². The smallest absolute Gasteiger partial charge is 0.305 e. The van der Waals surface area contributed by atoms with Crippen LogP contribution in [0.2, 0.25) is 0 Å². The molecule has 0 radical (unpaired) electrons. The van der Waals surface area contributed by atoms with Crippen LogP contribution in [0.3, 0.4) is 0 Å². The summed E-state index contributed by atoms with van der Waals surface area (Å²) in [5, 5.41) is 9.22. The second kappa shape index (κ2) is 5.20. The van der Waals surface area contributed by atoms with Crippen LogP contribution in [0.25, 0.3) is 0 Å². The number of hydrogen-bond donors (Lipinski definition) is 1. The van der Waals surface area contributed by atoms with Crippen molar-refractivity contribution in [1.82, 2.24) is 4.90 Å². The summed E-state index contributed by atoms with van der Waals surface area (Å²) in [6.07, 6.45) is 8.65. The summed E-state index contributed by atoms with van der Waals surface area (Å²) >= 11 is 0. The van der Waals surface area contributed by atoms with Gasteiger partial charge in [0.05, 0.1) is 6.42 Å². The van der Waals surface area contributed by atoms with E-state index in [-0.39, 0.29) is 5.54 Å². The van der Waals surface area contributed by atoms with Crippen LogP contribution in [0.5, 0.6) is 0 Å². The fourth-order valence-electron chi connectivity index (χ4n) is 3.89. The van der Waals surface area contributed by atoms with Gasteiger partial charge in [0.25, 0.3) is 0 Å². The van der Waals surface area contributed by atoms with Gasteiger partial charge in [0.15, 0.2) is 0 Å². The molecule has 2 aliphatic rings. The third kappa shape index (κ3) is 2.42. The van der Waals surface area contributed by atoms with Crippen LogP contribution in [0, 0.1) is 5.41 Å². The monoisotopic (exact) mass is 253 g/mol. The highest BCUT2D eigenvalue weighted by Gasteiger charge is 2.50. The van der Waals surface area contributed by atoms with Crippen molar-refractivity contribution in [2.45, 2.75) is 70.8 Å². The molecule has 1 saturated heterocycles. The van der Waals surface area contributed by atoms with Crippen molar-refractivity contribution < 1.29 is 9.90 Å². The van der Waals surface area contributed by atoms with Gasteiger partial charge in [-0.05, 0) is 31.1 Å². The molecule has 0 aromatic rings. The third-order valence-electron chi connectivity index (χ3n) is 5.49. The SMILES string of the molecule is CCC1(CC)CN(C2(CC(=O)O)CCCCC2)C1. The van der Waals surface area contributed by atoms with Gasteiger partial charge in [-0.15, -0.1) is 0 Å². The fraction of sp³-hybridized carbons (Fsp3) is 0.933. The minimum Gasteiger partial charge on any atom is -0.481 e. The number of carboxylic acid groups (broad SMARTS) is 1. The summed E-state index contributed by atoms with van der Waals surface area (Å²) in [6.45, 7) is 6.78. The van der Waals surface area contributed by atoms with Crippen molar-refractivity contribution in [2.75, 3.05) is 13.1 Å². The molecular formula is C15H27NO2. The van der Waals surface area contributed by atoms with Gasteiger partial charge in [-0.3, -0.25) is 9.69 Å². The molecule has 0 unspecified atom stereocenters. The molecule has 0 spiro atoms. The summed E-state index contributed by atoms with van der Waals surface area (Å²) in [5.74, 6) is -0.623. The molecule has 1 aliphatic heterocycles. The van der Waals surface area contributed by atoms with Crippen LogP contribution in [-0.4, -0.2) is 34.6 Å². The molecule has 2 rings (SSSR count). The van der Waals surface area contributed by atoms with Gasteiger partial charge < -0.3 is 5.11 Å². The molecule has 2 fully saturated rings. The number of rotatable bonds is 5. The molecule has 3 nitrogen and oxygen atoms in total. The summed E-state index contributed by atoms with van der Waals surface area (Å²) < 4.78 is 0. The average molecular weight is 253 g/mol. The summed E-state index contributed by atoms with van der Waals surface area (Å²) in [6, 6.07) is 0. The lowest BCUT2D eigenvalue weighted by Gasteiger charge is -2.59. The Hall–Kier alpha value is -0.570. The van der Waals surface area contributed by atoms with Crippen molar-refractivity contribution in [3.05, 3.63) is 0 Å². The van der Waals surface area contributed by atoms with Crippen LogP contribution in [0.1, 0.15) is 65.2 Å². The van der Waals surface area contributed by atoms with E-state index in [0.717, 1.165) is 25.9 Å². The molecular weight excluding hydrogens is 226 g/mol. The first kappa shape index (κ1) is 13.9.